The van der Waals surface area contributed by atoms with Crippen LogP contribution in [-0.2, 0) is 11.3 Å². The molecule has 1 atom stereocenters. The maximum absolute atomic E-state index is 9.42. The highest BCUT2D eigenvalue weighted by Crippen LogP contribution is 2.25. The Hall–Kier alpha value is -1.40. The normalized spacial score (nSPS) is 18.9. The van der Waals surface area contributed by atoms with Gasteiger partial charge in [0.1, 0.15) is 18.2 Å². The molecular weight excluding hydrogens is 244 g/mol. The number of aliphatic hydroxyl groups excluding tert-OH is 1. The molecule has 1 aromatic heterocycles. The molecule has 1 aromatic rings. The van der Waals surface area contributed by atoms with Gasteiger partial charge in [0.05, 0.1) is 12.6 Å². The first-order chi connectivity index (χ1) is 9.28. The summed E-state index contributed by atoms with van der Waals surface area (Å²) in [6.07, 6.45) is 2.10. The summed E-state index contributed by atoms with van der Waals surface area (Å²) in [6, 6.07) is 2.11. The fourth-order valence-corrected chi connectivity index (χ4v) is 2.42. The van der Waals surface area contributed by atoms with Crippen LogP contribution >= 0.6 is 0 Å². The summed E-state index contributed by atoms with van der Waals surface area (Å²) in [6.45, 7) is 4.33. The highest BCUT2D eigenvalue weighted by Gasteiger charge is 2.25. The Morgan fingerprint density at radius 1 is 1.53 bits per heavy atom. The highest BCUT2D eigenvalue weighted by atomic mass is 16.5. The molecule has 1 fully saturated rings. The lowest BCUT2D eigenvalue weighted by Gasteiger charge is -2.24. The molecule has 1 aliphatic rings. The van der Waals surface area contributed by atoms with Gasteiger partial charge >= 0.3 is 0 Å². The lowest BCUT2D eigenvalue weighted by atomic mass is 10.2. The van der Waals surface area contributed by atoms with Crippen LogP contribution in [0.3, 0.4) is 0 Å². The van der Waals surface area contributed by atoms with Crippen molar-refractivity contribution in [2.45, 2.75) is 32.4 Å². The Bertz CT molecular complexity index is 389. The molecule has 0 saturated carbocycles. The van der Waals surface area contributed by atoms with Crippen LogP contribution in [0.5, 0.6) is 0 Å². The standard InChI is InChI=1S/C13H22N4O2/c1-3-14-11-7-13(16-12(15-11)9-19-2)17-6-4-5-10(17)8-18/h7,10,18H,3-6,8-9H2,1-2H3,(H,14,15,16). The van der Waals surface area contributed by atoms with Crippen molar-refractivity contribution in [1.29, 1.82) is 0 Å². The topological polar surface area (TPSA) is 70.5 Å². The van der Waals surface area contributed by atoms with Crippen molar-refractivity contribution in [3.05, 3.63) is 11.9 Å². The minimum Gasteiger partial charge on any atom is -0.394 e. The van der Waals surface area contributed by atoms with Crippen molar-refractivity contribution in [1.82, 2.24) is 9.97 Å². The molecule has 0 amide bonds. The van der Waals surface area contributed by atoms with E-state index in [-0.39, 0.29) is 12.6 Å². The van der Waals surface area contributed by atoms with Crippen molar-refractivity contribution in [3.63, 3.8) is 0 Å². The number of ether oxygens (including phenoxy) is 1. The molecule has 0 bridgehead atoms. The van der Waals surface area contributed by atoms with Crippen LogP contribution in [-0.4, -0.2) is 47.9 Å². The number of aromatic nitrogens is 2. The van der Waals surface area contributed by atoms with Gasteiger partial charge in [0.25, 0.3) is 0 Å². The van der Waals surface area contributed by atoms with E-state index in [1.165, 1.54) is 0 Å². The van der Waals surface area contributed by atoms with Crippen molar-refractivity contribution in [3.8, 4) is 0 Å². The van der Waals surface area contributed by atoms with Crippen LogP contribution in [0.2, 0.25) is 0 Å². The number of hydrogen-bond donors (Lipinski definition) is 2. The molecule has 0 radical (unpaired) electrons. The predicted octanol–water partition coefficient (Wildman–Crippen LogP) is 1.02. The molecule has 0 spiro atoms. The molecule has 1 unspecified atom stereocenters. The number of methoxy groups -OCH3 is 1. The molecular formula is C13H22N4O2. The molecule has 6 nitrogen and oxygen atoms in total. The van der Waals surface area contributed by atoms with Crippen LogP contribution in [0.15, 0.2) is 6.07 Å². The van der Waals surface area contributed by atoms with Gasteiger partial charge in [-0.1, -0.05) is 0 Å². The third-order valence-corrected chi connectivity index (χ3v) is 3.27. The van der Waals surface area contributed by atoms with Crippen LogP contribution in [0, 0.1) is 0 Å². The van der Waals surface area contributed by atoms with Gasteiger partial charge in [0.2, 0.25) is 0 Å². The zero-order valence-corrected chi connectivity index (χ0v) is 11.6. The van der Waals surface area contributed by atoms with Gasteiger partial charge in [0, 0.05) is 26.3 Å². The highest BCUT2D eigenvalue weighted by molar-refractivity contribution is 5.50. The van der Waals surface area contributed by atoms with E-state index < -0.39 is 0 Å². The second-order valence-corrected chi connectivity index (χ2v) is 4.66. The summed E-state index contributed by atoms with van der Waals surface area (Å²) in [7, 11) is 1.63. The first-order valence-electron chi connectivity index (χ1n) is 6.76. The van der Waals surface area contributed by atoms with E-state index in [0.717, 1.165) is 37.6 Å². The summed E-state index contributed by atoms with van der Waals surface area (Å²) in [5.41, 5.74) is 0. The number of nitrogens with one attached hydrogen (secondary N) is 1. The predicted molar refractivity (Wildman–Crippen MR) is 74.4 cm³/mol. The number of nitrogens with zero attached hydrogens (tertiary/aromatic N) is 3. The Labute approximate surface area is 113 Å². The van der Waals surface area contributed by atoms with Crippen LogP contribution < -0.4 is 10.2 Å². The molecule has 2 N–H and O–H groups in total. The SMILES string of the molecule is CCNc1cc(N2CCCC2CO)nc(COC)n1. The van der Waals surface area contributed by atoms with Gasteiger partial charge in [-0.05, 0) is 19.8 Å². The zero-order chi connectivity index (χ0) is 13.7. The molecule has 0 aromatic carbocycles. The lowest BCUT2D eigenvalue weighted by Crippen LogP contribution is -2.33. The van der Waals surface area contributed by atoms with Gasteiger partial charge in [-0.3, -0.25) is 0 Å². The molecule has 1 aliphatic heterocycles. The maximum Gasteiger partial charge on any atom is 0.158 e. The van der Waals surface area contributed by atoms with Gasteiger partial charge in [-0.25, -0.2) is 9.97 Å². The number of hydrogen-bond acceptors (Lipinski definition) is 6. The largest absolute Gasteiger partial charge is 0.394 e. The zero-order valence-electron chi connectivity index (χ0n) is 11.6. The van der Waals surface area contributed by atoms with Crippen molar-refractivity contribution in [2.75, 3.05) is 37.0 Å². The number of anilines is 2. The summed E-state index contributed by atoms with van der Waals surface area (Å²) in [4.78, 5) is 11.1. The smallest absolute Gasteiger partial charge is 0.158 e. The third kappa shape index (κ3) is 3.33. The van der Waals surface area contributed by atoms with Gasteiger partial charge in [-0.2, -0.15) is 0 Å². The average Bonchev–Trinajstić information content (AvgIpc) is 2.87. The lowest BCUT2D eigenvalue weighted by molar-refractivity contribution is 0.178. The molecule has 19 heavy (non-hydrogen) atoms. The third-order valence-electron chi connectivity index (χ3n) is 3.27. The summed E-state index contributed by atoms with van der Waals surface area (Å²) >= 11 is 0. The molecule has 2 rings (SSSR count). The van der Waals surface area contributed by atoms with Crippen LogP contribution in [0.1, 0.15) is 25.6 Å². The van der Waals surface area contributed by atoms with Gasteiger partial charge < -0.3 is 20.1 Å². The van der Waals surface area contributed by atoms with Gasteiger partial charge in [-0.15, -0.1) is 0 Å². The monoisotopic (exact) mass is 266 g/mol. The fourth-order valence-electron chi connectivity index (χ4n) is 2.42. The van der Waals surface area contributed by atoms with Gasteiger partial charge in [0.15, 0.2) is 5.82 Å². The second-order valence-electron chi connectivity index (χ2n) is 4.66. The Morgan fingerprint density at radius 3 is 3.05 bits per heavy atom. The van der Waals surface area contributed by atoms with E-state index in [0.29, 0.717) is 12.4 Å². The van der Waals surface area contributed by atoms with E-state index in [4.69, 9.17) is 4.74 Å². The molecule has 106 valence electrons. The molecule has 2 heterocycles. The Balaban J connectivity index is 2.27. The van der Waals surface area contributed by atoms with E-state index in [1.54, 1.807) is 7.11 Å². The minimum atomic E-state index is 0.166. The average molecular weight is 266 g/mol. The van der Waals surface area contributed by atoms with E-state index in [9.17, 15) is 5.11 Å². The van der Waals surface area contributed by atoms with Crippen molar-refractivity contribution >= 4 is 11.6 Å². The quantitative estimate of drug-likeness (QED) is 0.801. The maximum atomic E-state index is 9.42. The first kappa shape index (κ1) is 14.0. The Kier molecular flexibility index (Phi) is 4.93. The van der Waals surface area contributed by atoms with E-state index in [2.05, 4.69) is 20.2 Å². The Morgan fingerprint density at radius 2 is 2.37 bits per heavy atom. The molecule has 6 heteroatoms. The molecule has 0 aliphatic carbocycles. The van der Waals surface area contributed by atoms with E-state index >= 15 is 0 Å². The van der Waals surface area contributed by atoms with Crippen molar-refractivity contribution in [2.24, 2.45) is 0 Å². The summed E-state index contributed by atoms with van der Waals surface area (Å²) < 4.78 is 5.11. The van der Waals surface area contributed by atoms with Crippen LogP contribution in [0.25, 0.3) is 0 Å². The van der Waals surface area contributed by atoms with Crippen LogP contribution in [0.4, 0.5) is 11.6 Å². The fraction of sp³-hybridized carbons (Fsp3) is 0.692. The van der Waals surface area contributed by atoms with Crippen molar-refractivity contribution < 1.29 is 9.84 Å². The number of aliphatic hydroxyl groups is 1. The number of rotatable bonds is 6. The first-order valence-corrected chi connectivity index (χ1v) is 6.76. The molecule has 1 saturated heterocycles. The summed E-state index contributed by atoms with van der Waals surface area (Å²) in [5, 5.41) is 12.6. The van der Waals surface area contributed by atoms with E-state index in [1.807, 2.05) is 13.0 Å². The minimum absolute atomic E-state index is 0.166. The second kappa shape index (κ2) is 6.68. The summed E-state index contributed by atoms with van der Waals surface area (Å²) in [5.74, 6) is 2.34.